The number of methoxy groups -OCH3 is 1. The zero-order valence-corrected chi connectivity index (χ0v) is 12.7. The molecule has 20 heavy (non-hydrogen) atoms. The Balaban J connectivity index is 1.98. The number of ether oxygens (including phenoxy) is 1. The van der Waals surface area contributed by atoms with E-state index in [9.17, 15) is 0 Å². The van der Waals surface area contributed by atoms with Crippen LogP contribution in [-0.2, 0) is 6.54 Å². The molecule has 1 aromatic heterocycles. The molecule has 0 fully saturated rings. The van der Waals surface area contributed by atoms with Crippen molar-refractivity contribution in [3.8, 4) is 5.75 Å². The molecule has 2 N–H and O–H groups in total. The molecule has 1 heterocycles. The van der Waals surface area contributed by atoms with E-state index in [2.05, 4.69) is 44.9 Å². The third-order valence-electron chi connectivity index (χ3n) is 3.31. The van der Waals surface area contributed by atoms with Crippen LogP contribution in [0, 0.1) is 0 Å². The molecule has 0 saturated carbocycles. The van der Waals surface area contributed by atoms with E-state index < -0.39 is 0 Å². The summed E-state index contributed by atoms with van der Waals surface area (Å²) in [6, 6.07) is 14.2. The molecule has 0 unspecified atom stereocenters. The Morgan fingerprint density at radius 2 is 2.00 bits per heavy atom. The van der Waals surface area contributed by atoms with E-state index in [0.29, 0.717) is 0 Å². The number of hydrogen-bond donors (Lipinski definition) is 1. The summed E-state index contributed by atoms with van der Waals surface area (Å²) in [5.74, 6) is 0.877. The van der Waals surface area contributed by atoms with Crippen LogP contribution in [0.25, 0.3) is 10.9 Å². The summed E-state index contributed by atoms with van der Waals surface area (Å²) in [5.41, 5.74) is 9.01. The number of aromatic nitrogens is 1. The third kappa shape index (κ3) is 2.51. The topological polar surface area (TPSA) is 40.2 Å². The molecule has 2 aromatic carbocycles. The Morgan fingerprint density at radius 1 is 1.15 bits per heavy atom. The lowest BCUT2D eigenvalue weighted by Crippen LogP contribution is -1.99. The molecule has 3 aromatic rings. The van der Waals surface area contributed by atoms with Crippen molar-refractivity contribution in [2.45, 2.75) is 6.54 Å². The number of anilines is 1. The first-order valence-corrected chi connectivity index (χ1v) is 7.13. The second-order valence-corrected chi connectivity index (χ2v) is 5.68. The van der Waals surface area contributed by atoms with Crippen molar-refractivity contribution in [3.05, 3.63) is 58.7 Å². The molecule has 0 aliphatic carbocycles. The van der Waals surface area contributed by atoms with E-state index in [-0.39, 0.29) is 0 Å². The molecule has 3 nitrogen and oxygen atoms in total. The van der Waals surface area contributed by atoms with Crippen LogP contribution in [0.15, 0.2) is 53.1 Å². The first-order valence-electron chi connectivity index (χ1n) is 6.33. The van der Waals surface area contributed by atoms with Gasteiger partial charge in [0.05, 0.1) is 7.11 Å². The van der Waals surface area contributed by atoms with Gasteiger partial charge >= 0.3 is 0 Å². The van der Waals surface area contributed by atoms with Gasteiger partial charge in [-0.1, -0.05) is 15.9 Å². The summed E-state index contributed by atoms with van der Waals surface area (Å²) in [5, 5.41) is 1.17. The van der Waals surface area contributed by atoms with Crippen molar-refractivity contribution < 1.29 is 4.74 Å². The Hall–Kier alpha value is -1.94. The van der Waals surface area contributed by atoms with Crippen LogP contribution < -0.4 is 10.5 Å². The van der Waals surface area contributed by atoms with Gasteiger partial charge in [-0.2, -0.15) is 0 Å². The third-order valence-corrected chi connectivity index (χ3v) is 3.77. The van der Waals surface area contributed by atoms with Gasteiger partial charge in [-0.05, 0) is 48.0 Å². The summed E-state index contributed by atoms with van der Waals surface area (Å²) >= 11 is 3.48. The van der Waals surface area contributed by atoms with Gasteiger partial charge in [0, 0.05) is 33.8 Å². The number of rotatable bonds is 3. The maximum Gasteiger partial charge on any atom is 0.119 e. The fourth-order valence-electron chi connectivity index (χ4n) is 2.41. The molecule has 102 valence electrons. The van der Waals surface area contributed by atoms with Crippen molar-refractivity contribution in [1.29, 1.82) is 0 Å². The predicted molar refractivity (Wildman–Crippen MR) is 86.1 cm³/mol. The summed E-state index contributed by atoms with van der Waals surface area (Å²) in [4.78, 5) is 0. The molecule has 0 amide bonds. The summed E-state index contributed by atoms with van der Waals surface area (Å²) in [6.07, 6.45) is 2.08. The van der Waals surface area contributed by atoms with Gasteiger partial charge in [0.1, 0.15) is 5.75 Å². The number of benzene rings is 2. The number of hydrogen-bond acceptors (Lipinski definition) is 2. The van der Waals surface area contributed by atoms with Crippen LogP contribution in [0.4, 0.5) is 5.69 Å². The zero-order chi connectivity index (χ0) is 14.1. The highest BCUT2D eigenvalue weighted by molar-refractivity contribution is 9.10. The number of fused-ring (bicyclic) bond motifs is 1. The van der Waals surface area contributed by atoms with Gasteiger partial charge in [-0.15, -0.1) is 0 Å². The van der Waals surface area contributed by atoms with Gasteiger partial charge < -0.3 is 15.0 Å². The van der Waals surface area contributed by atoms with Gasteiger partial charge in [-0.3, -0.25) is 0 Å². The zero-order valence-electron chi connectivity index (χ0n) is 11.1. The standard InChI is InChI=1S/C16H15BrN2O/c1-20-15-2-3-16-12(8-15)4-5-19(16)10-11-6-13(17)9-14(18)7-11/h2-9H,10,18H2,1H3. The van der Waals surface area contributed by atoms with Crippen LogP contribution in [0.5, 0.6) is 5.75 Å². The maximum atomic E-state index is 5.88. The molecule has 0 radical (unpaired) electrons. The quantitative estimate of drug-likeness (QED) is 0.736. The molecule has 4 heteroatoms. The molecule has 0 spiro atoms. The Morgan fingerprint density at radius 3 is 2.75 bits per heavy atom. The van der Waals surface area contributed by atoms with E-state index in [0.717, 1.165) is 22.5 Å². The molecular formula is C16H15BrN2O. The van der Waals surface area contributed by atoms with Crippen LogP contribution >= 0.6 is 15.9 Å². The number of nitrogens with two attached hydrogens (primary N) is 1. The second kappa shape index (κ2) is 5.21. The smallest absolute Gasteiger partial charge is 0.119 e. The molecule has 0 aliphatic rings. The lowest BCUT2D eigenvalue weighted by Gasteiger charge is -2.08. The van der Waals surface area contributed by atoms with Crippen LogP contribution in [-0.4, -0.2) is 11.7 Å². The Kier molecular flexibility index (Phi) is 3.40. The minimum atomic E-state index is 0.771. The van der Waals surface area contributed by atoms with Crippen LogP contribution in [0.3, 0.4) is 0 Å². The largest absolute Gasteiger partial charge is 0.497 e. The van der Waals surface area contributed by atoms with Crippen LogP contribution in [0.2, 0.25) is 0 Å². The number of nitrogens with zero attached hydrogens (tertiary/aromatic N) is 1. The minimum absolute atomic E-state index is 0.771. The highest BCUT2D eigenvalue weighted by atomic mass is 79.9. The van der Waals surface area contributed by atoms with E-state index >= 15 is 0 Å². The first kappa shape index (κ1) is 13.1. The fraction of sp³-hybridized carbons (Fsp3) is 0.125. The molecule has 0 aliphatic heterocycles. The van der Waals surface area contributed by atoms with E-state index in [1.54, 1.807) is 7.11 Å². The monoisotopic (exact) mass is 330 g/mol. The summed E-state index contributed by atoms with van der Waals surface area (Å²) < 4.78 is 8.46. The fourth-order valence-corrected chi connectivity index (χ4v) is 2.96. The predicted octanol–water partition coefficient (Wildman–Crippen LogP) is 4.04. The molecule has 3 rings (SSSR count). The molecule has 0 atom stereocenters. The highest BCUT2D eigenvalue weighted by Gasteiger charge is 2.04. The number of nitrogen functional groups attached to an aromatic ring is 1. The normalized spacial score (nSPS) is 10.9. The van der Waals surface area contributed by atoms with E-state index in [1.165, 1.54) is 16.5 Å². The first-order chi connectivity index (χ1) is 9.65. The van der Waals surface area contributed by atoms with Crippen molar-refractivity contribution >= 4 is 32.5 Å². The number of halogens is 1. The lowest BCUT2D eigenvalue weighted by atomic mass is 10.2. The SMILES string of the molecule is COc1ccc2c(ccn2Cc2cc(N)cc(Br)c2)c1. The Bertz CT molecular complexity index is 744. The highest BCUT2D eigenvalue weighted by Crippen LogP contribution is 2.24. The molecule has 0 bridgehead atoms. The van der Waals surface area contributed by atoms with Crippen molar-refractivity contribution in [1.82, 2.24) is 4.57 Å². The van der Waals surface area contributed by atoms with E-state index in [1.807, 2.05) is 24.3 Å². The van der Waals surface area contributed by atoms with Gasteiger partial charge in [0.25, 0.3) is 0 Å². The van der Waals surface area contributed by atoms with Gasteiger partial charge in [-0.25, -0.2) is 0 Å². The van der Waals surface area contributed by atoms with Crippen molar-refractivity contribution in [2.24, 2.45) is 0 Å². The lowest BCUT2D eigenvalue weighted by molar-refractivity contribution is 0.415. The average molecular weight is 331 g/mol. The summed E-state index contributed by atoms with van der Waals surface area (Å²) in [6.45, 7) is 0.791. The maximum absolute atomic E-state index is 5.88. The average Bonchev–Trinajstić information content (AvgIpc) is 2.80. The van der Waals surface area contributed by atoms with E-state index in [4.69, 9.17) is 10.5 Å². The Labute approximate surface area is 126 Å². The second-order valence-electron chi connectivity index (χ2n) is 4.76. The molecule has 0 saturated heterocycles. The van der Waals surface area contributed by atoms with Crippen molar-refractivity contribution in [3.63, 3.8) is 0 Å². The van der Waals surface area contributed by atoms with Gasteiger partial charge in [0.15, 0.2) is 0 Å². The minimum Gasteiger partial charge on any atom is -0.497 e. The van der Waals surface area contributed by atoms with Crippen molar-refractivity contribution in [2.75, 3.05) is 12.8 Å². The summed E-state index contributed by atoms with van der Waals surface area (Å²) in [7, 11) is 1.68. The molecular weight excluding hydrogens is 316 g/mol. The van der Waals surface area contributed by atoms with Crippen LogP contribution in [0.1, 0.15) is 5.56 Å². The van der Waals surface area contributed by atoms with Gasteiger partial charge in [0.2, 0.25) is 0 Å².